The number of phenolic OH excluding ortho intramolecular Hbond substituents is 1. The Hall–Kier alpha value is -3.12. The van der Waals surface area contributed by atoms with Crippen molar-refractivity contribution in [3.05, 3.63) is 64.7 Å². The molecule has 6 nitrogen and oxygen atoms in total. The minimum absolute atomic E-state index is 0.0644. The number of anilines is 1. The molecule has 2 aromatic rings. The number of nitrogens with zero attached hydrogens (tertiary/aromatic N) is 1. The zero-order valence-electron chi connectivity index (χ0n) is 12.2. The fourth-order valence-electron chi connectivity index (χ4n) is 2.22. The summed E-state index contributed by atoms with van der Waals surface area (Å²) in [5.41, 5.74) is 0.651. The number of halogens is 1. The van der Waals surface area contributed by atoms with Crippen LogP contribution in [-0.2, 0) is 9.59 Å². The highest BCUT2D eigenvalue weighted by Crippen LogP contribution is 2.23. The zero-order chi connectivity index (χ0) is 17.3. The van der Waals surface area contributed by atoms with Gasteiger partial charge in [-0.1, -0.05) is 23.7 Å². The van der Waals surface area contributed by atoms with Crippen LogP contribution in [0.4, 0.5) is 10.5 Å². The van der Waals surface area contributed by atoms with Crippen molar-refractivity contribution in [3.63, 3.8) is 0 Å². The largest absolute Gasteiger partial charge is 0.508 e. The topological polar surface area (TPSA) is 86.7 Å². The van der Waals surface area contributed by atoms with Gasteiger partial charge in [0.25, 0.3) is 11.8 Å². The lowest BCUT2D eigenvalue weighted by Crippen LogP contribution is -2.54. The van der Waals surface area contributed by atoms with Gasteiger partial charge in [-0.3, -0.25) is 14.9 Å². The van der Waals surface area contributed by atoms with Gasteiger partial charge in [0, 0.05) is 5.02 Å². The molecule has 1 aliphatic heterocycles. The number of benzene rings is 2. The van der Waals surface area contributed by atoms with Crippen molar-refractivity contribution >= 4 is 41.2 Å². The normalized spacial score (nSPS) is 16.5. The Kier molecular flexibility index (Phi) is 4.05. The van der Waals surface area contributed by atoms with Crippen molar-refractivity contribution in [3.8, 4) is 5.75 Å². The van der Waals surface area contributed by atoms with E-state index < -0.39 is 17.8 Å². The van der Waals surface area contributed by atoms with Crippen molar-refractivity contribution in [2.24, 2.45) is 0 Å². The summed E-state index contributed by atoms with van der Waals surface area (Å²) in [5, 5.41) is 11.9. The summed E-state index contributed by atoms with van der Waals surface area (Å²) in [6.07, 6.45) is 1.35. The number of barbiturate groups is 1. The quantitative estimate of drug-likeness (QED) is 0.649. The number of rotatable bonds is 2. The fourth-order valence-corrected chi connectivity index (χ4v) is 2.35. The van der Waals surface area contributed by atoms with Crippen LogP contribution in [0.5, 0.6) is 5.75 Å². The van der Waals surface area contributed by atoms with E-state index in [4.69, 9.17) is 11.6 Å². The third-order valence-electron chi connectivity index (χ3n) is 3.39. The lowest BCUT2D eigenvalue weighted by Gasteiger charge is -2.26. The predicted molar refractivity (Wildman–Crippen MR) is 88.6 cm³/mol. The molecule has 2 N–H and O–H groups in total. The van der Waals surface area contributed by atoms with Crippen LogP contribution >= 0.6 is 11.6 Å². The van der Waals surface area contributed by atoms with Crippen LogP contribution in [0.15, 0.2) is 54.1 Å². The first-order valence-corrected chi connectivity index (χ1v) is 7.29. The van der Waals surface area contributed by atoms with E-state index >= 15 is 0 Å². The van der Waals surface area contributed by atoms with Gasteiger partial charge in [0.2, 0.25) is 0 Å². The summed E-state index contributed by atoms with van der Waals surface area (Å²) in [6.45, 7) is 0. The second-order valence-electron chi connectivity index (χ2n) is 5.03. The predicted octanol–water partition coefficient (Wildman–Crippen LogP) is 2.71. The Morgan fingerprint density at radius 2 is 1.58 bits per heavy atom. The molecule has 2 aromatic carbocycles. The molecule has 0 atom stereocenters. The average molecular weight is 343 g/mol. The summed E-state index contributed by atoms with van der Waals surface area (Å²) >= 11 is 5.81. The third kappa shape index (κ3) is 3.00. The second kappa shape index (κ2) is 6.17. The van der Waals surface area contributed by atoms with Crippen molar-refractivity contribution in [1.29, 1.82) is 0 Å². The minimum Gasteiger partial charge on any atom is -0.508 e. The molecule has 0 aliphatic carbocycles. The molecule has 1 heterocycles. The smallest absolute Gasteiger partial charge is 0.335 e. The summed E-state index contributed by atoms with van der Waals surface area (Å²) in [4.78, 5) is 37.5. The summed E-state index contributed by atoms with van der Waals surface area (Å²) in [6, 6.07) is 11.2. The molecule has 3 rings (SSSR count). The van der Waals surface area contributed by atoms with E-state index in [2.05, 4.69) is 5.32 Å². The van der Waals surface area contributed by atoms with Crippen LogP contribution in [0.3, 0.4) is 0 Å². The molecule has 1 aliphatic rings. The molecule has 7 heteroatoms. The average Bonchev–Trinajstić information content (AvgIpc) is 2.55. The standard InChI is InChI=1S/C17H11ClN2O4/c18-11-3-5-12(6-4-11)20-16(23)14(15(22)19-17(20)24)9-10-1-7-13(21)8-2-10/h1-9,21H,(H,19,22,24)/b14-9-. The third-order valence-corrected chi connectivity index (χ3v) is 3.64. The van der Waals surface area contributed by atoms with Gasteiger partial charge in [0.05, 0.1) is 5.69 Å². The zero-order valence-corrected chi connectivity index (χ0v) is 12.9. The number of amides is 4. The molecule has 0 spiro atoms. The maximum absolute atomic E-state index is 12.6. The Morgan fingerprint density at radius 3 is 2.21 bits per heavy atom. The van der Waals surface area contributed by atoms with Gasteiger partial charge in [-0.05, 0) is 48.0 Å². The van der Waals surface area contributed by atoms with Crippen molar-refractivity contribution < 1.29 is 19.5 Å². The summed E-state index contributed by atoms with van der Waals surface area (Å²) in [7, 11) is 0. The van der Waals surface area contributed by atoms with Crippen molar-refractivity contribution in [1.82, 2.24) is 5.32 Å². The monoisotopic (exact) mass is 342 g/mol. The summed E-state index contributed by atoms with van der Waals surface area (Å²) < 4.78 is 0. The van der Waals surface area contributed by atoms with Gasteiger partial charge < -0.3 is 5.11 Å². The van der Waals surface area contributed by atoms with Crippen LogP contribution in [-0.4, -0.2) is 23.0 Å². The molecule has 0 saturated carbocycles. The first-order chi connectivity index (χ1) is 11.5. The molecule has 1 fully saturated rings. The van der Waals surface area contributed by atoms with E-state index in [0.29, 0.717) is 16.3 Å². The second-order valence-corrected chi connectivity index (χ2v) is 5.46. The van der Waals surface area contributed by atoms with Crippen LogP contribution in [0.2, 0.25) is 5.02 Å². The Bertz CT molecular complexity index is 857. The van der Waals surface area contributed by atoms with E-state index in [0.717, 1.165) is 4.90 Å². The highest BCUT2D eigenvalue weighted by atomic mass is 35.5. The minimum atomic E-state index is -0.824. The molecule has 24 heavy (non-hydrogen) atoms. The first-order valence-electron chi connectivity index (χ1n) is 6.92. The fraction of sp³-hybridized carbons (Fsp3) is 0. The number of imide groups is 2. The van der Waals surface area contributed by atoms with E-state index in [-0.39, 0.29) is 11.3 Å². The Morgan fingerprint density at radius 1 is 0.958 bits per heavy atom. The number of nitrogens with one attached hydrogen (secondary N) is 1. The van der Waals surface area contributed by atoms with Gasteiger partial charge in [0.15, 0.2) is 0 Å². The highest BCUT2D eigenvalue weighted by Gasteiger charge is 2.36. The number of carbonyl (C=O) groups is 3. The molecular weight excluding hydrogens is 332 g/mol. The van der Waals surface area contributed by atoms with Gasteiger partial charge >= 0.3 is 6.03 Å². The van der Waals surface area contributed by atoms with Gasteiger partial charge in [-0.25, -0.2) is 9.69 Å². The van der Waals surface area contributed by atoms with Gasteiger partial charge in [-0.2, -0.15) is 0 Å². The van der Waals surface area contributed by atoms with Crippen LogP contribution in [0.1, 0.15) is 5.56 Å². The number of aromatic hydroxyl groups is 1. The highest BCUT2D eigenvalue weighted by molar-refractivity contribution is 6.39. The molecular formula is C17H11ClN2O4. The number of carbonyl (C=O) groups excluding carboxylic acids is 3. The van der Waals surface area contributed by atoms with Crippen molar-refractivity contribution in [2.75, 3.05) is 4.90 Å². The number of hydrogen-bond donors (Lipinski definition) is 2. The number of hydrogen-bond acceptors (Lipinski definition) is 4. The van der Waals surface area contributed by atoms with E-state index in [1.807, 2.05) is 0 Å². The molecule has 1 saturated heterocycles. The lowest BCUT2D eigenvalue weighted by molar-refractivity contribution is -0.122. The number of urea groups is 1. The molecule has 0 unspecified atom stereocenters. The van der Waals surface area contributed by atoms with Crippen LogP contribution in [0.25, 0.3) is 6.08 Å². The summed E-state index contributed by atoms with van der Waals surface area (Å²) in [5.74, 6) is -1.45. The van der Waals surface area contributed by atoms with Crippen LogP contribution < -0.4 is 10.2 Å². The molecule has 0 bridgehead atoms. The Balaban J connectivity index is 1.99. The maximum atomic E-state index is 12.6. The van der Waals surface area contributed by atoms with Gasteiger partial charge in [0.1, 0.15) is 11.3 Å². The maximum Gasteiger partial charge on any atom is 0.335 e. The van der Waals surface area contributed by atoms with Gasteiger partial charge in [-0.15, -0.1) is 0 Å². The Labute approximate surface area is 142 Å². The van der Waals surface area contributed by atoms with E-state index in [1.54, 1.807) is 12.1 Å². The molecule has 4 amide bonds. The molecule has 0 radical (unpaired) electrons. The molecule has 120 valence electrons. The van der Waals surface area contributed by atoms with E-state index in [1.165, 1.54) is 42.5 Å². The van der Waals surface area contributed by atoms with Crippen LogP contribution in [0, 0.1) is 0 Å². The van der Waals surface area contributed by atoms with E-state index in [9.17, 15) is 19.5 Å². The first kappa shape index (κ1) is 15.8. The lowest BCUT2D eigenvalue weighted by atomic mass is 10.1. The van der Waals surface area contributed by atoms with Crippen molar-refractivity contribution in [2.45, 2.75) is 0 Å². The SMILES string of the molecule is O=C1NC(=O)N(c2ccc(Cl)cc2)C(=O)/C1=C\c1ccc(O)cc1. The molecule has 0 aromatic heterocycles. The number of phenols is 1.